The number of carbonyl (C=O) groups excluding carboxylic acids is 1. The Morgan fingerprint density at radius 3 is 2.29 bits per heavy atom. The van der Waals surface area contributed by atoms with Crippen LogP contribution in [-0.2, 0) is 9.53 Å². The number of carboxylic acid groups (broad SMARTS) is 1. The summed E-state index contributed by atoms with van der Waals surface area (Å²) in [7, 11) is 1.10. The lowest BCUT2D eigenvalue weighted by molar-refractivity contribution is -0.156. The van der Waals surface area contributed by atoms with Crippen LogP contribution in [0, 0.1) is 0 Å². The minimum Gasteiger partial charge on any atom is -0.478 e. The molecule has 2 rings (SSSR count). The molecule has 3 N–H and O–H groups in total. The molecule has 21 heavy (non-hydrogen) atoms. The van der Waals surface area contributed by atoms with Crippen LogP contribution in [0.4, 0.5) is 0 Å². The molecular formula is C15H14O6. The lowest BCUT2D eigenvalue weighted by atomic mass is 9.95. The van der Waals surface area contributed by atoms with Crippen LogP contribution in [0.2, 0.25) is 0 Å². The number of fused-ring (bicyclic) bond motifs is 1. The van der Waals surface area contributed by atoms with Crippen molar-refractivity contribution in [3.63, 3.8) is 0 Å². The first-order valence-electron chi connectivity index (χ1n) is 6.16. The van der Waals surface area contributed by atoms with Crippen molar-refractivity contribution in [3.05, 3.63) is 47.5 Å². The highest BCUT2D eigenvalue weighted by molar-refractivity contribution is 6.04. The zero-order valence-corrected chi connectivity index (χ0v) is 11.2. The Kier molecular flexibility index (Phi) is 4.21. The number of aliphatic hydroxyl groups excluding tert-OH is 2. The molecular weight excluding hydrogens is 276 g/mol. The van der Waals surface area contributed by atoms with Gasteiger partial charge in [-0.3, -0.25) is 0 Å². The molecule has 0 spiro atoms. The van der Waals surface area contributed by atoms with Crippen LogP contribution in [0.15, 0.2) is 36.4 Å². The summed E-state index contributed by atoms with van der Waals surface area (Å²) in [5, 5.41) is 29.9. The van der Waals surface area contributed by atoms with Gasteiger partial charge in [0, 0.05) is 0 Å². The van der Waals surface area contributed by atoms with Gasteiger partial charge in [0.2, 0.25) is 0 Å². The largest absolute Gasteiger partial charge is 0.478 e. The lowest BCUT2D eigenvalue weighted by Crippen LogP contribution is -2.29. The third-order valence-corrected chi connectivity index (χ3v) is 3.25. The van der Waals surface area contributed by atoms with Crippen molar-refractivity contribution >= 4 is 22.7 Å². The molecule has 2 aromatic carbocycles. The molecule has 6 heteroatoms. The van der Waals surface area contributed by atoms with Gasteiger partial charge < -0.3 is 20.1 Å². The van der Waals surface area contributed by atoms with Crippen LogP contribution in [0.1, 0.15) is 22.0 Å². The van der Waals surface area contributed by atoms with Gasteiger partial charge in [-0.2, -0.15) is 0 Å². The fraction of sp³-hybridized carbons (Fsp3) is 0.200. The zero-order valence-electron chi connectivity index (χ0n) is 11.2. The van der Waals surface area contributed by atoms with Gasteiger partial charge in [0.1, 0.15) is 6.10 Å². The summed E-state index contributed by atoms with van der Waals surface area (Å²) in [6.45, 7) is 0. The zero-order chi connectivity index (χ0) is 15.6. The Balaban J connectivity index is 2.58. The maximum absolute atomic E-state index is 11.3. The van der Waals surface area contributed by atoms with E-state index in [9.17, 15) is 19.8 Å². The maximum Gasteiger partial charge on any atom is 0.337 e. The monoisotopic (exact) mass is 290 g/mol. The fourth-order valence-electron chi connectivity index (χ4n) is 2.20. The summed E-state index contributed by atoms with van der Waals surface area (Å²) >= 11 is 0. The summed E-state index contributed by atoms with van der Waals surface area (Å²) in [5.41, 5.74) is 0.336. The smallest absolute Gasteiger partial charge is 0.337 e. The topological polar surface area (TPSA) is 104 Å². The van der Waals surface area contributed by atoms with Gasteiger partial charge in [-0.05, 0) is 22.4 Å². The first-order chi connectivity index (χ1) is 9.97. The van der Waals surface area contributed by atoms with Crippen molar-refractivity contribution in [1.29, 1.82) is 0 Å². The highest BCUT2D eigenvalue weighted by Crippen LogP contribution is 2.28. The number of rotatable bonds is 4. The van der Waals surface area contributed by atoms with E-state index in [0.29, 0.717) is 10.8 Å². The third-order valence-electron chi connectivity index (χ3n) is 3.25. The predicted molar refractivity (Wildman–Crippen MR) is 73.9 cm³/mol. The summed E-state index contributed by atoms with van der Waals surface area (Å²) in [6.07, 6.45) is -3.25. The highest BCUT2D eigenvalue weighted by atomic mass is 16.5. The van der Waals surface area contributed by atoms with Crippen LogP contribution in [0.25, 0.3) is 10.8 Å². The Morgan fingerprint density at radius 2 is 1.67 bits per heavy atom. The number of hydrogen-bond acceptors (Lipinski definition) is 5. The lowest BCUT2D eigenvalue weighted by Gasteiger charge is -2.18. The molecule has 6 nitrogen and oxygen atoms in total. The van der Waals surface area contributed by atoms with E-state index in [1.165, 1.54) is 18.2 Å². The summed E-state index contributed by atoms with van der Waals surface area (Å²) < 4.78 is 4.39. The molecule has 0 heterocycles. The van der Waals surface area contributed by atoms with Gasteiger partial charge in [-0.15, -0.1) is 0 Å². The molecule has 2 aromatic rings. The molecule has 0 aliphatic rings. The van der Waals surface area contributed by atoms with Crippen molar-refractivity contribution in [2.45, 2.75) is 12.2 Å². The van der Waals surface area contributed by atoms with Crippen molar-refractivity contribution in [3.8, 4) is 0 Å². The van der Waals surface area contributed by atoms with E-state index in [1.54, 1.807) is 18.2 Å². The number of methoxy groups -OCH3 is 1. The van der Waals surface area contributed by atoms with Crippen LogP contribution in [-0.4, -0.2) is 40.5 Å². The van der Waals surface area contributed by atoms with E-state index >= 15 is 0 Å². The number of benzene rings is 2. The van der Waals surface area contributed by atoms with Crippen molar-refractivity contribution in [1.82, 2.24) is 0 Å². The molecule has 0 amide bonds. The van der Waals surface area contributed by atoms with Gasteiger partial charge in [-0.25, -0.2) is 9.59 Å². The number of esters is 1. The average Bonchev–Trinajstić information content (AvgIpc) is 2.51. The van der Waals surface area contributed by atoms with E-state index in [0.717, 1.165) is 7.11 Å². The standard InChI is InChI=1S/C15H14O6/c1-21-15(20)13(17)12(16)10-6-2-5-9-8(10)4-3-7-11(9)14(18)19/h2-7,12-13,16-17H,1H3,(H,18,19). The average molecular weight is 290 g/mol. The third kappa shape index (κ3) is 2.72. The number of hydrogen-bond donors (Lipinski definition) is 3. The normalized spacial score (nSPS) is 13.7. The summed E-state index contributed by atoms with van der Waals surface area (Å²) in [4.78, 5) is 22.5. The molecule has 0 saturated carbocycles. The molecule has 0 radical (unpaired) electrons. The van der Waals surface area contributed by atoms with Gasteiger partial charge in [0.05, 0.1) is 12.7 Å². The van der Waals surface area contributed by atoms with Gasteiger partial charge in [0.25, 0.3) is 0 Å². The van der Waals surface area contributed by atoms with E-state index in [2.05, 4.69) is 4.74 Å². The Hall–Kier alpha value is -2.44. The second kappa shape index (κ2) is 5.90. The number of ether oxygens (including phenoxy) is 1. The summed E-state index contributed by atoms with van der Waals surface area (Å²) in [6, 6.07) is 9.26. The van der Waals surface area contributed by atoms with Crippen LogP contribution in [0.3, 0.4) is 0 Å². The van der Waals surface area contributed by atoms with Crippen molar-refractivity contribution < 1.29 is 29.6 Å². The molecule has 2 atom stereocenters. The van der Waals surface area contributed by atoms with E-state index in [-0.39, 0.29) is 11.1 Å². The second-order valence-electron chi connectivity index (χ2n) is 4.47. The van der Waals surface area contributed by atoms with Crippen molar-refractivity contribution in [2.75, 3.05) is 7.11 Å². The molecule has 0 fully saturated rings. The van der Waals surface area contributed by atoms with Gasteiger partial charge >= 0.3 is 11.9 Å². The van der Waals surface area contributed by atoms with E-state index in [4.69, 9.17) is 5.11 Å². The van der Waals surface area contributed by atoms with E-state index in [1.807, 2.05) is 0 Å². The fourth-order valence-corrected chi connectivity index (χ4v) is 2.20. The maximum atomic E-state index is 11.3. The Morgan fingerprint density at radius 1 is 1.05 bits per heavy atom. The molecule has 0 aromatic heterocycles. The van der Waals surface area contributed by atoms with Crippen LogP contribution >= 0.6 is 0 Å². The Bertz CT molecular complexity index is 694. The number of aromatic carboxylic acids is 1. The molecule has 2 unspecified atom stereocenters. The first kappa shape index (κ1) is 15.0. The highest BCUT2D eigenvalue weighted by Gasteiger charge is 2.28. The molecule has 0 saturated heterocycles. The number of carbonyl (C=O) groups is 2. The Labute approximate surface area is 120 Å². The SMILES string of the molecule is COC(=O)C(O)C(O)c1cccc2c(C(=O)O)cccc12. The first-order valence-corrected chi connectivity index (χ1v) is 6.16. The summed E-state index contributed by atoms with van der Waals surface area (Å²) in [5.74, 6) is -2.06. The number of carboxylic acids is 1. The van der Waals surface area contributed by atoms with Gasteiger partial charge in [0.15, 0.2) is 6.10 Å². The molecule has 0 bridgehead atoms. The minimum absolute atomic E-state index is 0.0779. The van der Waals surface area contributed by atoms with Crippen LogP contribution in [0.5, 0.6) is 0 Å². The minimum atomic E-state index is -1.74. The number of aliphatic hydroxyl groups is 2. The van der Waals surface area contributed by atoms with Crippen molar-refractivity contribution in [2.24, 2.45) is 0 Å². The van der Waals surface area contributed by atoms with E-state index < -0.39 is 24.1 Å². The van der Waals surface area contributed by atoms with Crippen LogP contribution < -0.4 is 0 Å². The second-order valence-corrected chi connectivity index (χ2v) is 4.47. The molecule has 110 valence electrons. The quantitative estimate of drug-likeness (QED) is 0.729. The molecule has 0 aliphatic carbocycles. The molecule has 0 aliphatic heterocycles. The predicted octanol–water partition coefficient (Wildman–Crippen LogP) is 1.11. The van der Waals surface area contributed by atoms with Gasteiger partial charge in [-0.1, -0.05) is 30.3 Å².